The van der Waals surface area contributed by atoms with Gasteiger partial charge in [0.25, 0.3) is 0 Å². The van der Waals surface area contributed by atoms with Gasteiger partial charge in [0, 0.05) is 0 Å². The molecule has 0 fully saturated rings. The van der Waals surface area contributed by atoms with Gasteiger partial charge in [-0.05, 0) is 0 Å². The van der Waals surface area contributed by atoms with E-state index in [1.807, 2.05) is 0 Å². The second-order valence-electron chi connectivity index (χ2n) is 3.50. The van der Waals surface area contributed by atoms with Crippen LogP contribution in [-0.4, -0.2) is 21.8 Å². The number of benzene rings is 1. The van der Waals surface area contributed by atoms with Crippen molar-refractivity contribution in [1.82, 2.24) is 0 Å². The zero-order valence-electron chi connectivity index (χ0n) is 8.12. The fraction of sp³-hybridized carbons (Fsp3) is 0.455. The van der Waals surface area contributed by atoms with Crippen LogP contribution in [0.2, 0.25) is 12.9 Å². The molecule has 1 rings (SSSR count). The molecule has 1 atom stereocenters. The van der Waals surface area contributed by atoms with Gasteiger partial charge in [-0.3, -0.25) is 0 Å². The van der Waals surface area contributed by atoms with Crippen molar-refractivity contribution < 1.29 is 0 Å². The first-order valence-corrected chi connectivity index (χ1v) is 13.4. The van der Waals surface area contributed by atoms with Gasteiger partial charge in [0.15, 0.2) is 0 Å². The molecule has 0 saturated carbocycles. The Labute approximate surface area is 83.7 Å². The van der Waals surface area contributed by atoms with E-state index < -0.39 is 21.8 Å². The van der Waals surface area contributed by atoms with Crippen molar-refractivity contribution in [2.24, 2.45) is 0 Å². The molecule has 12 heavy (non-hydrogen) atoms. The molecule has 0 heterocycles. The summed E-state index contributed by atoms with van der Waals surface area (Å²) in [6, 6.07) is 10.8. The van der Waals surface area contributed by atoms with Crippen LogP contribution in [0.25, 0.3) is 0 Å². The normalized spacial score (nSPS) is 13.3. The second-order valence-corrected chi connectivity index (χ2v) is 14.4. The maximum atomic E-state index is 2.49. The Morgan fingerprint density at radius 1 is 1.17 bits per heavy atom. The fourth-order valence-corrected chi connectivity index (χ4v) is 3.38. The van der Waals surface area contributed by atoms with E-state index in [0.29, 0.717) is 0 Å². The van der Waals surface area contributed by atoms with Gasteiger partial charge in [0.2, 0.25) is 0 Å². The summed E-state index contributed by atoms with van der Waals surface area (Å²) in [5.41, 5.74) is 1.51. The second kappa shape index (κ2) is 4.97. The Morgan fingerprint density at radius 2 is 1.75 bits per heavy atom. The van der Waals surface area contributed by atoms with E-state index in [-0.39, 0.29) is 0 Å². The van der Waals surface area contributed by atoms with Gasteiger partial charge < -0.3 is 0 Å². The van der Waals surface area contributed by atoms with E-state index in [4.69, 9.17) is 0 Å². The molecule has 0 aliphatic heterocycles. The molecule has 1 unspecified atom stereocenters. The molecular formula is C11H17Bi. The first-order valence-electron chi connectivity index (χ1n) is 4.40. The summed E-state index contributed by atoms with van der Waals surface area (Å²) >= 11 is -1.00. The third-order valence-electron chi connectivity index (χ3n) is 2.26. The SMILES string of the molecule is C[CH](Cc1ccccc1)[Bi]([CH3])[CH3]. The number of rotatable bonds is 3. The third-order valence-corrected chi connectivity index (χ3v) is 9.82. The summed E-state index contributed by atoms with van der Waals surface area (Å²) in [5.74, 6) is 0. The van der Waals surface area contributed by atoms with E-state index in [1.54, 1.807) is 0 Å². The maximum absolute atomic E-state index is 2.49. The van der Waals surface area contributed by atoms with Crippen LogP contribution < -0.4 is 0 Å². The van der Waals surface area contributed by atoms with Gasteiger partial charge in [0.1, 0.15) is 0 Å². The fourth-order valence-electron chi connectivity index (χ4n) is 1.14. The van der Waals surface area contributed by atoms with Gasteiger partial charge >= 0.3 is 83.9 Å². The van der Waals surface area contributed by atoms with Crippen molar-refractivity contribution in [3.63, 3.8) is 0 Å². The van der Waals surface area contributed by atoms with E-state index in [2.05, 4.69) is 46.5 Å². The van der Waals surface area contributed by atoms with E-state index in [0.717, 1.165) is 3.63 Å². The van der Waals surface area contributed by atoms with Crippen LogP contribution in [0.4, 0.5) is 0 Å². The zero-order chi connectivity index (χ0) is 8.97. The van der Waals surface area contributed by atoms with E-state index >= 15 is 0 Å². The summed E-state index contributed by atoms with van der Waals surface area (Å²) in [7, 11) is 0. The Balaban J connectivity index is 2.53. The molecular weight excluding hydrogens is 341 g/mol. The van der Waals surface area contributed by atoms with Crippen molar-refractivity contribution in [3.8, 4) is 0 Å². The molecule has 0 N–H and O–H groups in total. The van der Waals surface area contributed by atoms with E-state index in [1.165, 1.54) is 12.0 Å². The van der Waals surface area contributed by atoms with Gasteiger partial charge in [-0.2, -0.15) is 0 Å². The molecule has 0 amide bonds. The van der Waals surface area contributed by atoms with Crippen LogP contribution in [-0.2, 0) is 6.42 Å². The molecule has 0 aliphatic carbocycles. The monoisotopic (exact) mass is 358 g/mol. The van der Waals surface area contributed by atoms with E-state index in [9.17, 15) is 0 Å². The average molecular weight is 358 g/mol. The summed E-state index contributed by atoms with van der Waals surface area (Å²) in [5, 5.41) is 0. The van der Waals surface area contributed by atoms with Gasteiger partial charge in [-0.15, -0.1) is 0 Å². The average Bonchev–Trinajstić information content (AvgIpc) is 2.06. The van der Waals surface area contributed by atoms with Crippen molar-refractivity contribution in [2.45, 2.75) is 26.2 Å². The molecule has 1 heteroatoms. The Kier molecular flexibility index (Phi) is 4.22. The third kappa shape index (κ3) is 3.23. The summed E-state index contributed by atoms with van der Waals surface area (Å²) in [4.78, 5) is 0. The van der Waals surface area contributed by atoms with Crippen molar-refractivity contribution >= 4 is 21.8 Å². The molecule has 66 valence electrons. The standard InChI is InChI=1S/C9H11.2CH3.Bi/c1-2-6-9-7-4-3-5-8-9;;;/h2-5,7-8H,6H2,1H3;2*1H3;. The molecule has 0 aromatic heterocycles. The number of hydrogen-bond donors (Lipinski definition) is 0. The number of hydrogen-bond acceptors (Lipinski definition) is 0. The molecule has 1 aromatic carbocycles. The molecule has 0 aliphatic rings. The van der Waals surface area contributed by atoms with Crippen molar-refractivity contribution in [3.05, 3.63) is 35.9 Å². The van der Waals surface area contributed by atoms with Crippen molar-refractivity contribution in [2.75, 3.05) is 0 Å². The topological polar surface area (TPSA) is 0 Å². The first kappa shape index (κ1) is 10.2. The van der Waals surface area contributed by atoms with Crippen LogP contribution in [0.1, 0.15) is 12.5 Å². The molecule has 0 nitrogen and oxygen atoms in total. The van der Waals surface area contributed by atoms with Crippen molar-refractivity contribution in [1.29, 1.82) is 0 Å². The minimum atomic E-state index is -1.00. The first-order chi connectivity index (χ1) is 5.70. The quantitative estimate of drug-likeness (QED) is 0.727. The zero-order valence-corrected chi connectivity index (χ0v) is 11.6. The van der Waals surface area contributed by atoms with Crippen LogP contribution in [0.5, 0.6) is 0 Å². The summed E-state index contributed by atoms with van der Waals surface area (Å²) in [6.07, 6.45) is 1.30. The van der Waals surface area contributed by atoms with Crippen LogP contribution >= 0.6 is 0 Å². The van der Waals surface area contributed by atoms with Gasteiger partial charge in [0.05, 0.1) is 0 Å². The van der Waals surface area contributed by atoms with Gasteiger partial charge in [-0.1, -0.05) is 0 Å². The minimum absolute atomic E-state index is 0.988. The Bertz CT molecular complexity index is 216. The van der Waals surface area contributed by atoms with Crippen LogP contribution in [0.3, 0.4) is 0 Å². The van der Waals surface area contributed by atoms with Gasteiger partial charge in [-0.25, -0.2) is 0 Å². The summed E-state index contributed by atoms with van der Waals surface area (Å²) in [6.45, 7) is 2.41. The molecule has 0 bridgehead atoms. The predicted octanol–water partition coefficient (Wildman–Crippen LogP) is 3.37. The van der Waals surface area contributed by atoms with Crippen LogP contribution in [0, 0.1) is 0 Å². The Hall–Kier alpha value is 0.103. The predicted molar refractivity (Wildman–Crippen MR) is 57.1 cm³/mol. The molecule has 0 radical (unpaired) electrons. The summed E-state index contributed by atoms with van der Waals surface area (Å²) < 4.78 is 5.97. The van der Waals surface area contributed by atoms with Crippen LogP contribution in [0.15, 0.2) is 30.3 Å². The molecule has 1 aromatic rings. The Morgan fingerprint density at radius 3 is 2.25 bits per heavy atom. The molecule has 0 saturated heterocycles. The molecule has 0 spiro atoms.